The van der Waals surface area contributed by atoms with Crippen molar-refractivity contribution in [2.45, 2.75) is 52.1 Å². The average molecular weight is 323 g/mol. The van der Waals surface area contributed by atoms with Gasteiger partial charge in [0.15, 0.2) is 6.10 Å². The molecule has 0 aromatic heterocycles. The van der Waals surface area contributed by atoms with Gasteiger partial charge in [-0.1, -0.05) is 30.7 Å². The molecule has 0 radical (unpaired) electrons. The zero-order chi connectivity index (χ0) is 16.9. The molecule has 0 saturated heterocycles. The van der Waals surface area contributed by atoms with Crippen LogP contribution in [0.2, 0.25) is 0 Å². The van der Waals surface area contributed by atoms with Crippen LogP contribution in [-0.2, 0) is 17.6 Å². The predicted octanol–water partition coefficient (Wildman–Crippen LogP) is 4.67. The molecule has 1 aliphatic carbocycles. The number of anilines is 1. The number of carbonyl (C=O) groups excluding carboxylic acids is 1. The lowest BCUT2D eigenvalue weighted by Crippen LogP contribution is -2.32. The molecule has 3 rings (SSSR count). The highest BCUT2D eigenvalue weighted by atomic mass is 16.5. The molecule has 126 valence electrons. The van der Waals surface area contributed by atoms with Gasteiger partial charge in [0.05, 0.1) is 0 Å². The van der Waals surface area contributed by atoms with E-state index in [9.17, 15) is 4.79 Å². The summed E-state index contributed by atoms with van der Waals surface area (Å²) in [5, 5.41) is 2.94. The number of hydrogen-bond donors (Lipinski definition) is 1. The van der Waals surface area contributed by atoms with E-state index in [1.54, 1.807) is 0 Å². The lowest BCUT2D eigenvalue weighted by atomic mass is 9.92. The molecule has 2 aromatic rings. The Labute approximate surface area is 144 Å². The second kappa shape index (κ2) is 7.52. The summed E-state index contributed by atoms with van der Waals surface area (Å²) in [5.41, 5.74) is 4.77. The lowest BCUT2D eigenvalue weighted by molar-refractivity contribution is -0.122. The van der Waals surface area contributed by atoms with Gasteiger partial charge >= 0.3 is 0 Å². The van der Waals surface area contributed by atoms with Gasteiger partial charge in [-0.2, -0.15) is 0 Å². The van der Waals surface area contributed by atoms with Crippen molar-refractivity contribution in [1.82, 2.24) is 0 Å². The molecule has 1 atom stereocenters. The summed E-state index contributed by atoms with van der Waals surface area (Å²) in [4.78, 5) is 12.5. The van der Waals surface area contributed by atoms with Crippen molar-refractivity contribution in [3.63, 3.8) is 0 Å². The number of carbonyl (C=O) groups is 1. The number of fused-ring (bicyclic) bond motifs is 1. The van der Waals surface area contributed by atoms with E-state index in [1.807, 2.05) is 44.2 Å². The highest BCUT2D eigenvalue weighted by molar-refractivity contribution is 5.94. The van der Waals surface area contributed by atoms with Crippen LogP contribution in [0, 0.1) is 6.92 Å². The highest BCUT2D eigenvalue weighted by Crippen LogP contribution is 2.26. The number of benzene rings is 2. The largest absolute Gasteiger partial charge is 0.481 e. The second-order valence-corrected chi connectivity index (χ2v) is 6.51. The molecule has 0 bridgehead atoms. The fourth-order valence-corrected chi connectivity index (χ4v) is 3.13. The van der Waals surface area contributed by atoms with Crippen LogP contribution in [0.1, 0.15) is 42.9 Å². The summed E-state index contributed by atoms with van der Waals surface area (Å²) in [5.74, 6) is 0.695. The van der Waals surface area contributed by atoms with E-state index < -0.39 is 6.10 Å². The van der Waals surface area contributed by atoms with Crippen LogP contribution in [0.15, 0.2) is 42.5 Å². The summed E-state index contributed by atoms with van der Waals surface area (Å²) < 4.78 is 5.98. The van der Waals surface area contributed by atoms with Gasteiger partial charge in [0, 0.05) is 5.69 Å². The van der Waals surface area contributed by atoms with Gasteiger partial charge < -0.3 is 10.1 Å². The molecule has 0 fully saturated rings. The van der Waals surface area contributed by atoms with E-state index in [2.05, 4.69) is 17.4 Å². The summed E-state index contributed by atoms with van der Waals surface area (Å²) in [6.07, 6.45) is 4.92. The molecular formula is C21H25NO2. The van der Waals surface area contributed by atoms with Crippen LogP contribution in [0.3, 0.4) is 0 Å². The minimum atomic E-state index is -0.479. The molecule has 3 nitrogen and oxygen atoms in total. The van der Waals surface area contributed by atoms with Gasteiger partial charge in [-0.25, -0.2) is 0 Å². The smallest absolute Gasteiger partial charge is 0.265 e. The minimum Gasteiger partial charge on any atom is -0.481 e. The van der Waals surface area contributed by atoms with E-state index in [1.165, 1.54) is 29.5 Å². The van der Waals surface area contributed by atoms with Crippen LogP contribution in [0.25, 0.3) is 0 Å². The number of ether oxygens (including phenoxy) is 1. The highest BCUT2D eigenvalue weighted by Gasteiger charge is 2.19. The molecule has 2 aromatic carbocycles. The van der Waals surface area contributed by atoms with Crippen molar-refractivity contribution in [2.75, 3.05) is 5.32 Å². The standard InChI is InChI=1S/C21H25NO2/c1-3-20(21(23)22-18-11-8-15(2)9-12-18)24-19-13-10-16-6-4-5-7-17(16)14-19/h8-14,20H,3-7H2,1-2H3,(H,22,23). The third-order valence-corrected chi connectivity index (χ3v) is 4.58. The topological polar surface area (TPSA) is 38.3 Å². The normalized spacial score (nSPS) is 14.6. The van der Waals surface area contributed by atoms with Gasteiger partial charge in [0.2, 0.25) is 0 Å². The zero-order valence-corrected chi connectivity index (χ0v) is 14.5. The maximum absolute atomic E-state index is 12.5. The van der Waals surface area contributed by atoms with Crippen molar-refractivity contribution < 1.29 is 9.53 Å². The van der Waals surface area contributed by atoms with Crippen LogP contribution in [0.5, 0.6) is 5.75 Å². The molecule has 0 saturated carbocycles. The molecule has 3 heteroatoms. The van der Waals surface area contributed by atoms with Crippen LogP contribution < -0.4 is 10.1 Å². The maximum Gasteiger partial charge on any atom is 0.265 e. The molecule has 1 aliphatic rings. The molecule has 0 spiro atoms. The first-order valence-electron chi connectivity index (χ1n) is 8.81. The third-order valence-electron chi connectivity index (χ3n) is 4.58. The number of rotatable bonds is 5. The van der Waals surface area contributed by atoms with Gasteiger partial charge in [0.25, 0.3) is 5.91 Å². The summed E-state index contributed by atoms with van der Waals surface area (Å²) in [6.45, 7) is 4.00. The average Bonchev–Trinajstić information content (AvgIpc) is 2.61. The Kier molecular flexibility index (Phi) is 5.19. The Morgan fingerprint density at radius 1 is 1.08 bits per heavy atom. The Morgan fingerprint density at radius 3 is 2.50 bits per heavy atom. The predicted molar refractivity (Wildman–Crippen MR) is 97.6 cm³/mol. The molecule has 1 amide bonds. The van der Waals surface area contributed by atoms with Crippen molar-refractivity contribution >= 4 is 11.6 Å². The van der Waals surface area contributed by atoms with Crippen molar-refractivity contribution in [3.05, 3.63) is 59.2 Å². The number of aryl methyl sites for hydroxylation is 3. The number of nitrogens with one attached hydrogen (secondary N) is 1. The quantitative estimate of drug-likeness (QED) is 0.868. The zero-order valence-electron chi connectivity index (χ0n) is 14.5. The summed E-state index contributed by atoms with van der Waals surface area (Å²) in [7, 11) is 0. The van der Waals surface area contributed by atoms with Crippen LogP contribution >= 0.6 is 0 Å². The van der Waals surface area contributed by atoms with Gasteiger partial charge in [-0.05, 0) is 74.4 Å². The fourth-order valence-electron chi connectivity index (χ4n) is 3.13. The van der Waals surface area contributed by atoms with Crippen LogP contribution in [0.4, 0.5) is 5.69 Å². The SMILES string of the molecule is CCC(Oc1ccc2c(c1)CCCC2)C(=O)Nc1ccc(C)cc1. The Bertz CT molecular complexity index is 706. The minimum absolute atomic E-state index is 0.0981. The van der Waals surface area contributed by atoms with Crippen molar-refractivity contribution in [2.24, 2.45) is 0 Å². The molecular weight excluding hydrogens is 298 g/mol. The molecule has 24 heavy (non-hydrogen) atoms. The van der Waals surface area contributed by atoms with Crippen molar-refractivity contribution in [1.29, 1.82) is 0 Å². The molecule has 1 unspecified atom stereocenters. The third kappa shape index (κ3) is 3.97. The fraction of sp³-hybridized carbons (Fsp3) is 0.381. The first-order chi connectivity index (χ1) is 11.7. The monoisotopic (exact) mass is 323 g/mol. The first-order valence-corrected chi connectivity index (χ1v) is 8.81. The van der Waals surface area contributed by atoms with Gasteiger partial charge in [0.1, 0.15) is 5.75 Å². The number of amides is 1. The van der Waals surface area contributed by atoms with Crippen molar-refractivity contribution in [3.8, 4) is 5.75 Å². The summed E-state index contributed by atoms with van der Waals surface area (Å²) in [6, 6.07) is 14.1. The lowest BCUT2D eigenvalue weighted by Gasteiger charge is -2.20. The van der Waals surface area contributed by atoms with E-state index in [0.29, 0.717) is 6.42 Å². The Balaban J connectivity index is 1.67. The summed E-state index contributed by atoms with van der Waals surface area (Å²) >= 11 is 0. The molecule has 0 aliphatic heterocycles. The van der Waals surface area contributed by atoms with E-state index >= 15 is 0 Å². The van der Waals surface area contributed by atoms with E-state index in [4.69, 9.17) is 4.74 Å². The van der Waals surface area contributed by atoms with Crippen LogP contribution in [-0.4, -0.2) is 12.0 Å². The Morgan fingerprint density at radius 2 is 1.79 bits per heavy atom. The van der Waals surface area contributed by atoms with Gasteiger partial charge in [-0.3, -0.25) is 4.79 Å². The molecule has 0 heterocycles. The van der Waals surface area contributed by atoms with Gasteiger partial charge in [-0.15, -0.1) is 0 Å². The van der Waals surface area contributed by atoms with E-state index in [-0.39, 0.29) is 5.91 Å². The number of hydrogen-bond acceptors (Lipinski definition) is 2. The maximum atomic E-state index is 12.5. The Hall–Kier alpha value is -2.29. The first kappa shape index (κ1) is 16.6. The molecule has 1 N–H and O–H groups in total. The van der Waals surface area contributed by atoms with E-state index in [0.717, 1.165) is 24.3 Å². The second-order valence-electron chi connectivity index (χ2n) is 6.51.